The highest BCUT2D eigenvalue weighted by Crippen LogP contribution is 2.46. The number of benzene rings is 1. The molecule has 35 heavy (non-hydrogen) atoms. The van der Waals surface area contributed by atoms with Crippen molar-refractivity contribution in [2.75, 3.05) is 13.1 Å². The third-order valence-electron chi connectivity index (χ3n) is 9.04. The molecule has 1 spiro atoms. The molecule has 7 heteroatoms. The number of aryl methyl sites for hydroxylation is 2. The van der Waals surface area contributed by atoms with Crippen LogP contribution in [0.2, 0.25) is 0 Å². The van der Waals surface area contributed by atoms with E-state index in [1.165, 1.54) is 63.4 Å². The first-order valence-electron chi connectivity index (χ1n) is 13.7. The highest BCUT2D eigenvalue weighted by Gasteiger charge is 2.41. The molecule has 2 aromatic heterocycles. The molecule has 2 aliphatic carbocycles. The number of fused-ring (bicyclic) bond motifs is 1. The SMILES string of the molecule is Cc1cc(C)c2cc([C@H](c3nnnn3C3CCCC3)N3CCCC4(CCCCC4)C3)c(=O)[nH]c2c1. The highest BCUT2D eigenvalue weighted by molar-refractivity contribution is 5.83. The maximum Gasteiger partial charge on any atom is 0.253 e. The van der Waals surface area contributed by atoms with Gasteiger partial charge in [-0.15, -0.1) is 5.10 Å². The summed E-state index contributed by atoms with van der Waals surface area (Å²) in [6.45, 7) is 6.22. The normalized spacial score (nSPS) is 22.2. The van der Waals surface area contributed by atoms with Gasteiger partial charge in [-0.1, -0.05) is 38.2 Å². The van der Waals surface area contributed by atoms with Crippen LogP contribution in [-0.4, -0.2) is 43.2 Å². The maximum absolute atomic E-state index is 13.7. The number of tetrazole rings is 1. The monoisotopic (exact) mass is 474 g/mol. The Morgan fingerprint density at radius 1 is 1.00 bits per heavy atom. The number of likely N-dealkylation sites (tertiary alicyclic amines) is 1. The predicted molar refractivity (Wildman–Crippen MR) is 138 cm³/mol. The van der Waals surface area contributed by atoms with E-state index in [1.807, 2.05) is 0 Å². The summed E-state index contributed by atoms with van der Waals surface area (Å²) in [4.78, 5) is 19.4. The van der Waals surface area contributed by atoms with Crippen LogP contribution >= 0.6 is 0 Å². The van der Waals surface area contributed by atoms with Crippen LogP contribution in [0.25, 0.3) is 10.9 Å². The predicted octanol–water partition coefficient (Wildman–Crippen LogP) is 5.38. The van der Waals surface area contributed by atoms with Crippen molar-refractivity contribution in [1.82, 2.24) is 30.1 Å². The van der Waals surface area contributed by atoms with Crippen LogP contribution in [-0.2, 0) is 0 Å². The average Bonchev–Trinajstić information content (AvgIpc) is 3.53. The molecule has 0 bridgehead atoms. The van der Waals surface area contributed by atoms with E-state index >= 15 is 0 Å². The van der Waals surface area contributed by atoms with E-state index in [1.54, 1.807) is 0 Å². The highest BCUT2D eigenvalue weighted by atomic mass is 16.1. The Morgan fingerprint density at radius 2 is 1.77 bits per heavy atom. The van der Waals surface area contributed by atoms with Gasteiger partial charge in [-0.25, -0.2) is 4.68 Å². The number of nitrogens with one attached hydrogen (secondary N) is 1. The quantitative estimate of drug-likeness (QED) is 0.549. The van der Waals surface area contributed by atoms with Crippen molar-refractivity contribution < 1.29 is 0 Å². The molecule has 1 atom stereocenters. The first-order chi connectivity index (χ1) is 17.0. The molecule has 0 radical (unpaired) electrons. The minimum atomic E-state index is -0.224. The molecule has 1 N–H and O–H groups in total. The van der Waals surface area contributed by atoms with Crippen molar-refractivity contribution in [3.63, 3.8) is 0 Å². The lowest BCUT2D eigenvalue weighted by atomic mass is 9.69. The second-order valence-electron chi connectivity index (χ2n) is 11.6. The van der Waals surface area contributed by atoms with Gasteiger partial charge in [0.2, 0.25) is 0 Å². The van der Waals surface area contributed by atoms with Gasteiger partial charge in [0.05, 0.1) is 6.04 Å². The van der Waals surface area contributed by atoms with Crippen LogP contribution in [0.5, 0.6) is 0 Å². The molecule has 186 valence electrons. The lowest BCUT2D eigenvalue weighted by molar-refractivity contribution is 0.0335. The standard InChI is InChI=1S/C28H38N6O/c1-19-15-20(2)22-17-23(27(35)29-24(22)16-19)25(26-30-31-32-34(26)21-9-4-5-10-21)33-14-8-13-28(18-33)11-6-3-7-12-28/h15-17,21,25H,3-14,18H2,1-2H3,(H,29,35)/t25-/m1/s1. The van der Waals surface area contributed by atoms with Crippen molar-refractivity contribution in [3.8, 4) is 0 Å². The van der Waals surface area contributed by atoms with Crippen LogP contribution < -0.4 is 5.56 Å². The zero-order valence-corrected chi connectivity index (χ0v) is 21.2. The van der Waals surface area contributed by atoms with Crippen molar-refractivity contribution >= 4 is 10.9 Å². The van der Waals surface area contributed by atoms with Crippen molar-refractivity contribution in [1.29, 1.82) is 0 Å². The van der Waals surface area contributed by atoms with E-state index in [0.717, 1.165) is 53.8 Å². The number of hydrogen-bond donors (Lipinski definition) is 1. The summed E-state index contributed by atoms with van der Waals surface area (Å²) in [5.41, 5.74) is 4.40. The molecule has 3 aliphatic rings. The second kappa shape index (κ2) is 9.16. The number of aromatic amines is 1. The summed E-state index contributed by atoms with van der Waals surface area (Å²) in [6.07, 6.45) is 13.7. The Balaban J connectivity index is 1.49. The zero-order chi connectivity index (χ0) is 24.0. The van der Waals surface area contributed by atoms with E-state index < -0.39 is 0 Å². The number of hydrogen-bond acceptors (Lipinski definition) is 5. The zero-order valence-electron chi connectivity index (χ0n) is 21.2. The first-order valence-corrected chi connectivity index (χ1v) is 13.7. The number of nitrogens with zero attached hydrogens (tertiary/aromatic N) is 5. The molecule has 1 aromatic carbocycles. The van der Waals surface area contributed by atoms with Gasteiger partial charge in [0.25, 0.3) is 5.56 Å². The van der Waals surface area contributed by atoms with Crippen LogP contribution in [0, 0.1) is 19.3 Å². The van der Waals surface area contributed by atoms with Crippen molar-refractivity contribution in [2.24, 2.45) is 5.41 Å². The van der Waals surface area contributed by atoms with Gasteiger partial charge in [0.15, 0.2) is 5.82 Å². The van der Waals surface area contributed by atoms with Gasteiger partial charge < -0.3 is 4.98 Å². The molecule has 2 saturated carbocycles. The lowest BCUT2D eigenvalue weighted by Gasteiger charge is -2.47. The number of H-pyrrole nitrogens is 1. The molecule has 6 rings (SSSR count). The van der Waals surface area contributed by atoms with Gasteiger partial charge in [-0.3, -0.25) is 9.69 Å². The molecule has 1 aliphatic heterocycles. The van der Waals surface area contributed by atoms with Gasteiger partial charge >= 0.3 is 0 Å². The largest absolute Gasteiger partial charge is 0.322 e. The Hall–Kier alpha value is -2.54. The molecule has 1 saturated heterocycles. The molecule has 7 nitrogen and oxygen atoms in total. The van der Waals surface area contributed by atoms with Crippen LogP contribution in [0.3, 0.4) is 0 Å². The van der Waals surface area contributed by atoms with Crippen LogP contribution in [0.1, 0.15) is 105 Å². The molecule has 0 amide bonds. The smallest absolute Gasteiger partial charge is 0.253 e. The second-order valence-corrected chi connectivity index (χ2v) is 11.6. The molecular weight excluding hydrogens is 436 g/mol. The van der Waals surface area contributed by atoms with E-state index in [4.69, 9.17) is 0 Å². The van der Waals surface area contributed by atoms with Crippen LogP contribution in [0.15, 0.2) is 23.0 Å². The lowest BCUT2D eigenvalue weighted by Crippen LogP contribution is -2.47. The Bertz CT molecular complexity index is 1260. The summed E-state index contributed by atoms with van der Waals surface area (Å²) in [6, 6.07) is 6.50. The minimum absolute atomic E-state index is 0.0169. The fourth-order valence-electron chi connectivity index (χ4n) is 7.36. The number of rotatable bonds is 4. The summed E-state index contributed by atoms with van der Waals surface area (Å²) < 4.78 is 2.06. The molecular formula is C28H38N6O. The van der Waals surface area contributed by atoms with Crippen LogP contribution in [0.4, 0.5) is 0 Å². The number of pyridine rings is 1. The third-order valence-corrected chi connectivity index (χ3v) is 9.04. The van der Waals surface area contributed by atoms with Crippen molar-refractivity contribution in [2.45, 2.75) is 96.6 Å². The van der Waals surface area contributed by atoms with E-state index in [9.17, 15) is 4.79 Å². The maximum atomic E-state index is 13.7. The summed E-state index contributed by atoms with van der Waals surface area (Å²) in [7, 11) is 0. The van der Waals surface area contributed by atoms with Gasteiger partial charge in [0.1, 0.15) is 6.04 Å². The molecule has 3 fully saturated rings. The molecule has 3 aromatic rings. The van der Waals surface area contributed by atoms with Gasteiger partial charge in [-0.05, 0) is 98.0 Å². The minimum Gasteiger partial charge on any atom is -0.322 e. The molecule has 3 heterocycles. The molecule has 0 unspecified atom stereocenters. The summed E-state index contributed by atoms with van der Waals surface area (Å²) in [5, 5.41) is 14.4. The van der Waals surface area contributed by atoms with Gasteiger partial charge in [0, 0.05) is 23.0 Å². The Morgan fingerprint density at radius 3 is 2.57 bits per heavy atom. The Kier molecular flexibility index (Phi) is 5.99. The van der Waals surface area contributed by atoms with Crippen molar-refractivity contribution in [3.05, 3.63) is 51.1 Å². The number of piperidine rings is 1. The topological polar surface area (TPSA) is 79.7 Å². The third kappa shape index (κ3) is 4.22. The fraction of sp³-hybridized carbons (Fsp3) is 0.643. The van der Waals surface area contributed by atoms with E-state index in [2.05, 4.69) is 62.1 Å². The summed E-state index contributed by atoms with van der Waals surface area (Å²) in [5.74, 6) is 0.847. The van der Waals surface area contributed by atoms with E-state index in [-0.39, 0.29) is 11.6 Å². The van der Waals surface area contributed by atoms with Gasteiger partial charge in [-0.2, -0.15) is 0 Å². The summed E-state index contributed by atoms with van der Waals surface area (Å²) >= 11 is 0. The number of aromatic nitrogens is 5. The average molecular weight is 475 g/mol. The van der Waals surface area contributed by atoms with E-state index in [0.29, 0.717) is 11.5 Å². The fourth-order valence-corrected chi connectivity index (χ4v) is 7.36. The Labute approximate surface area is 207 Å². The first kappa shape index (κ1) is 22.9.